The number of carbonyl (C=O) groups excluding carboxylic acids is 1. The molecule has 0 saturated carbocycles. The van der Waals surface area contributed by atoms with E-state index in [1.165, 1.54) is 0 Å². The van der Waals surface area contributed by atoms with Gasteiger partial charge in [-0.05, 0) is 54.9 Å². The van der Waals surface area contributed by atoms with E-state index in [-0.39, 0.29) is 6.09 Å². The summed E-state index contributed by atoms with van der Waals surface area (Å²) in [6.45, 7) is 8.34. The Labute approximate surface area is 167 Å². The van der Waals surface area contributed by atoms with E-state index in [9.17, 15) is 4.79 Å². The molecule has 1 aromatic carbocycles. The SMILES string of the molecule is CC(C)(C)OC(=O)N1CCN(c2cc3c(cnn3PI)cc2Cl)CC1. The highest BCUT2D eigenvalue weighted by molar-refractivity contribution is 14.2. The Balaban J connectivity index is 1.73. The summed E-state index contributed by atoms with van der Waals surface area (Å²) in [5.74, 6) is 0. The van der Waals surface area contributed by atoms with Gasteiger partial charge in [0, 0.05) is 31.6 Å². The summed E-state index contributed by atoms with van der Waals surface area (Å²) in [6, 6.07) is 4.06. The predicted molar refractivity (Wildman–Crippen MR) is 112 cm³/mol. The number of nitrogens with zero attached hydrogens (tertiary/aromatic N) is 4. The van der Waals surface area contributed by atoms with Gasteiger partial charge in [-0.1, -0.05) is 11.6 Å². The van der Waals surface area contributed by atoms with Gasteiger partial charge in [-0.3, -0.25) is 0 Å². The standard InChI is InChI=1S/C16H21ClIN4O2P/c1-16(2,3)24-15(23)21-6-4-20(5-7-21)14-9-13-11(8-12(14)17)10-19-22(13)25-18/h8-10,25H,4-7H2,1-3H3. The molecule has 1 atom stereocenters. The third-order valence-electron chi connectivity index (χ3n) is 3.99. The number of ether oxygens (including phenoxy) is 1. The molecule has 1 fully saturated rings. The van der Waals surface area contributed by atoms with Gasteiger partial charge in [0.15, 0.2) is 0 Å². The number of anilines is 1. The number of amides is 1. The van der Waals surface area contributed by atoms with E-state index in [4.69, 9.17) is 16.3 Å². The molecule has 0 spiro atoms. The molecule has 136 valence electrons. The first-order chi connectivity index (χ1) is 11.8. The Morgan fingerprint density at radius 1 is 1.28 bits per heavy atom. The van der Waals surface area contributed by atoms with E-state index in [1.807, 2.05) is 37.5 Å². The van der Waals surface area contributed by atoms with Crippen molar-refractivity contribution in [3.8, 4) is 0 Å². The Bertz CT molecular complexity index is 784. The molecule has 9 heteroatoms. The van der Waals surface area contributed by atoms with Crippen LogP contribution in [0.2, 0.25) is 5.02 Å². The molecule has 0 radical (unpaired) electrons. The van der Waals surface area contributed by atoms with Crippen molar-refractivity contribution in [2.45, 2.75) is 26.4 Å². The van der Waals surface area contributed by atoms with Gasteiger partial charge >= 0.3 is 6.09 Å². The lowest BCUT2D eigenvalue weighted by Crippen LogP contribution is -2.50. The molecule has 0 bridgehead atoms. The molecule has 2 heterocycles. The predicted octanol–water partition coefficient (Wildman–Crippen LogP) is 4.54. The number of halogens is 2. The van der Waals surface area contributed by atoms with E-state index < -0.39 is 5.60 Å². The molecule has 1 aliphatic rings. The maximum Gasteiger partial charge on any atom is 0.410 e. The maximum absolute atomic E-state index is 12.2. The maximum atomic E-state index is 12.2. The van der Waals surface area contributed by atoms with Crippen molar-refractivity contribution in [3.63, 3.8) is 0 Å². The van der Waals surface area contributed by atoms with Gasteiger partial charge in [-0.25, -0.2) is 9.25 Å². The zero-order chi connectivity index (χ0) is 18.2. The molecule has 1 unspecified atom stereocenters. The summed E-state index contributed by atoms with van der Waals surface area (Å²) < 4.78 is 7.43. The first-order valence-corrected chi connectivity index (χ1v) is 12.5. The first kappa shape index (κ1) is 19.0. The summed E-state index contributed by atoms with van der Waals surface area (Å²) >= 11 is 8.81. The van der Waals surface area contributed by atoms with Crippen LogP contribution in [0.3, 0.4) is 0 Å². The van der Waals surface area contributed by atoms with E-state index in [0.717, 1.165) is 34.7 Å². The van der Waals surface area contributed by atoms with Crippen molar-refractivity contribution in [1.29, 1.82) is 0 Å². The lowest BCUT2D eigenvalue weighted by Gasteiger charge is -2.37. The molecule has 1 amide bonds. The van der Waals surface area contributed by atoms with Crippen LogP contribution >= 0.6 is 40.0 Å². The van der Waals surface area contributed by atoms with Crippen molar-refractivity contribution in [2.75, 3.05) is 31.1 Å². The number of piperazine rings is 1. The minimum atomic E-state index is -0.471. The fourth-order valence-electron chi connectivity index (χ4n) is 2.80. The Kier molecular flexibility index (Phi) is 5.66. The van der Waals surface area contributed by atoms with Crippen molar-refractivity contribution in [2.24, 2.45) is 0 Å². The third-order valence-corrected chi connectivity index (χ3v) is 6.18. The Hall–Kier alpha value is -0.790. The Morgan fingerprint density at radius 2 is 1.96 bits per heavy atom. The monoisotopic (exact) mass is 494 g/mol. The summed E-state index contributed by atoms with van der Waals surface area (Å²) in [5, 5.41) is 6.15. The van der Waals surface area contributed by atoms with Crippen LogP contribution in [0.1, 0.15) is 20.8 Å². The summed E-state index contributed by atoms with van der Waals surface area (Å²) in [4.78, 5) is 16.2. The summed E-state index contributed by atoms with van der Waals surface area (Å²) in [5.41, 5.74) is 1.61. The largest absolute Gasteiger partial charge is 0.444 e. The van der Waals surface area contributed by atoms with Crippen LogP contribution in [0.5, 0.6) is 0 Å². The number of benzene rings is 1. The number of hydrogen-bond acceptors (Lipinski definition) is 4. The zero-order valence-corrected chi connectivity index (χ0v) is 18.3. The number of carbonyl (C=O) groups is 1. The molecule has 1 aliphatic heterocycles. The van der Waals surface area contributed by atoms with E-state index in [0.29, 0.717) is 19.5 Å². The number of hydrogen-bond donors (Lipinski definition) is 0. The highest BCUT2D eigenvalue weighted by atomic mass is 127. The van der Waals surface area contributed by atoms with E-state index in [1.54, 1.807) is 4.90 Å². The van der Waals surface area contributed by atoms with Crippen molar-refractivity contribution < 1.29 is 9.53 Å². The van der Waals surface area contributed by atoms with E-state index >= 15 is 0 Å². The van der Waals surface area contributed by atoms with Crippen LogP contribution in [-0.4, -0.2) is 52.3 Å². The molecule has 25 heavy (non-hydrogen) atoms. The summed E-state index contributed by atoms with van der Waals surface area (Å²) in [6.07, 6.45) is 2.13. The van der Waals surface area contributed by atoms with Crippen LogP contribution < -0.4 is 4.90 Å². The molecular weight excluding hydrogens is 474 g/mol. The second-order valence-corrected chi connectivity index (χ2v) is 9.40. The Morgan fingerprint density at radius 3 is 2.56 bits per heavy atom. The molecule has 3 rings (SSSR count). The second kappa shape index (κ2) is 7.45. The van der Waals surface area contributed by atoms with Crippen LogP contribution in [0.15, 0.2) is 18.3 Å². The normalized spacial score (nSPS) is 16.2. The van der Waals surface area contributed by atoms with Crippen molar-refractivity contribution in [1.82, 2.24) is 14.5 Å². The molecule has 1 aromatic heterocycles. The van der Waals surface area contributed by atoms with Crippen molar-refractivity contribution in [3.05, 3.63) is 23.4 Å². The van der Waals surface area contributed by atoms with Crippen LogP contribution in [0.4, 0.5) is 10.5 Å². The van der Waals surface area contributed by atoms with Crippen LogP contribution in [0, 0.1) is 0 Å². The minimum absolute atomic E-state index is 0.252. The third kappa shape index (κ3) is 4.31. The minimum Gasteiger partial charge on any atom is -0.444 e. The van der Waals surface area contributed by atoms with Gasteiger partial charge in [-0.15, -0.1) is 0 Å². The lowest BCUT2D eigenvalue weighted by molar-refractivity contribution is 0.0240. The number of rotatable bonds is 2. The van der Waals surface area contributed by atoms with Crippen molar-refractivity contribution >= 4 is 62.7 Å². The topological polar surface area (TPSA) is 50.6 Å². The average molecular weight is 495 g/mol. The molecule has 0 N–H and O–H groups in total. The number of fused-ring (bicyclic) bond motifs is 1. The molecule has 0 aliphatic carbocycles. The van der Waals surface area contributed by atoms with Gasteiger partial charge in [0.25, 0.3) is 0 Å². The molecule has 2 aromatic rings. The highest BCUT2D eigenvalue weighted by Crippen LogP contribution is 2.35. The quantitative estimate of drug-likeness (QED) is 0.454. The van der Waals surface area contributed by atoms with Gasteiger partial charge < -0.3 is 14.5 Å². The van der Waals surface area contributed by atoms with Gasteiger partial charge in [0.1, 0.15) is 5.60 Å². The molecule has 1 saturated heterocycles. The fraction of sp³-hybridized carbons (Fsp3) is 0.500. The highest BCUT2D eigenvalue weighted by Gasteiger charge is 2.26. The summed E-state index contributed by atoms with van der Waals surface area (Å²) in [7, 11) is 0. The van der Waals surface area contributed by atoms with Gasteiger partial charge in [-0.2, -0.15) is 5.10 Å². The number of aromatic nitrogens is 2. The van der Waals surface area contributed by atoms with Crippen LogP contribution in [-0.2, 0) is 4.74 Å². The average Bonchev–Trinajstić information content (AvgIpc) is 2.94. The molecule has 6 nitrogen and oxygen atoms in total. The van der Waals surface area contributed by atoms with E-state index in [2.05, 4.69) is 38.1 Å². The van der Waals surface area contributed by atoms with Crippen LogP contribution in [0.25, 0.3) is 10.9 Å². The van der Waals surface area contributed by atoms with Gasteiger partial charge in [0.05, 0.1) is 28.8 Å². The molecular formula is C16H21ClIN4O2P. The first-order valence-electron chi connectivity index (χ1n) is 8.05. The fourth-order valence-corrected chi connectivity index (χ4v) is 4.63. The smallest absolute Gasteiger partial charge is 0.410 e. The lowest BCUT2D eigenvalue weighted by atomic mass is 10.2. The zero-order valence-electron chi connectivity index (χ0n) is 14.4. The second-order valence-electron chi connectivity index (χ2n) is 6.96. The van der Waals surface area contributed by atoms with Gasteiger partial charge in [0.2, 0.25) is 0 Å².